The Kier molecular flexibility index (Phi) is 7.18. The molecule has 0 bridgehead atoms. The highest BCUT2D eigenvalue weighted by molar-refractivity contribution is 6.21. The highest BCUT2D eigenvalue weighted by Crippen LogP contribution is 2.23. The Morgan fingerprint density at radius 2 is 1.42 bits per heavy atom. The van der Waals surface area contributed by atoms with Gasteiger partial charge in [-0.3, -0.25) is 24.1 Å². The van der Waals surface area contributed by atoms with Crippen molar-refractivity contribution >= 4 is 29.3 Å². The monoisotopic (exact) mass is 421 g/mol. The fourth-order valence-electron chi connectivity index (χ4n) is 3.67. The van der Waals surface area contributed by atoms with Gasteiger partial charge in [0.1, 0.15) is 0 Å². The molecular formula is C24H27N3O4. The highest BCUT2D eigenvalue weighted by Gasteiger charge is 2.35. The van der Waals surface area contributed by atoms with Gasteiger partial charge in [-0.1, -0.05) is 38.1 Å². The number of benzene rings is 2. The summed E-state index contributed by atoms with van der Waals surface area (Å²) in [5, 5.41) is 2.77. The van der Waals surface area contributed by atoms with Crippen molar-refractivity contribution in [3.63, 3.8) is 0 Å². The van der Waals surface area contributed by atoms with Crippen LogP contribution in [-0.2, 0) is 4.79 Å². The summed E-state index contributed by atoms with van der Waals surface area (Å²) in [5.74, 6) is -1.27. The molecule has 1 aliphatic rings. The third-order valence-corrected chi connectivity index (χ3v) is 5.15. The summed E-state index contributed by atoms with van der Waals surface area (Å²) in [4.78, 5) is 53.3. The Morgan fingerprint density at radius 3 is 2.00 bits per heavy atom. The lowest BCUT2D eigenvalue weighted by Crippen LogP contribution is -2.34. The zero-order valence-electron chi connectivity index (χ0n) is 17.9. The number of carbonyl (C=O) groups is 4. The molecule has 0 atom stereocenters. The molecule has 0 saturated carbocycles. The maximum atomic E-state index is 13.0. The molecule has 0 radical (unpaired) electrons. The number of hydrogen-bond donors (Lipinski definition) is 1. The number of rotatable bonds is 9. The van der Waals surface area contributed by atoms with Crippen LogP contribution in [0.2, 0.25) is 0 Å². The second kappa shape index (κ2) is 10.0. The minimum atomic E-state index is -0.390. The molecule has 0 aliphatic carbocycles. The van der Waals surface area contributed by atoms with Crippen molar-refractivity contribution in [2.75, 3.05) is 25.0 Å². The molecule has 1 heterocycles. The van der Waals surface area contributed by atoms with E-state index in [9.17, 15) is 19.2 Å². The predicted octanol–water partition coefficient (Wildman–Crippen LogP) is 3.57. The largest absolute Gasteiger partial charge is 0.339 e. The lowest BCUT2D eigenvalue weighted by molar-refractivity contribution is -0.116. The molecule has 31 heavy (non-hydrogen) atoms. The second-order valence-corrected chi connectivity index (χ2v) is 7.44. The summed E-state index contributed by atoms with van der Waals surface area (Å²) in [6.45, 7) is 5.31. The average molecular weight is 421 g/mol. The lowest BCUT2D eigenvalue weighted by atomic mass is 10.1. The first-order valence-electron chi connectivity index (χ1n) is 10.6. The standard InChI is InChI=1S/C24H27N3O4/c1-3-14-26(15-4-2)22(29)19-11-7-8-12-20(19)25-21(28)13-16-27-23(30)17-9-5-6-10-18(17)24(27)31/h5-12H,3-4,13-16H2,1-2H3,(H,25,28). The van der Waals surface area contributed by atoms with E-state index in [1.165, 1.54) is 0 Å². The van der Waals surface area contributed by atoms with Crippen LogP contribution in [-0.4, -0.2) is 53.1 Å². The molecule has 162 valence electrons. The molecule has 2 aromatic carbocycles. The van der Waals surface area contributed by atoms with Gasteiger partial charge < -0.3 is 10.2 Å². The Bertz CT molecular complexity index is 961. The van der Waals surface area contributed by atoms with Crippen LogP contribution in [0, 0.1) is 0 Å². The molecule has 0 unspecified atom stereocenters. The van der Waals surface area contributed by atoms with Gasteiger partial charge in [-0.05, 0) is 37.1 Å². The number of fused-ring (bicyclic) bond motifs is 1. The summed E-state index contributed by atoms with van der Waals surface area (Å²) < 4.78 is 0. The molecule has 0 saturated heterocycles. The number of carbonyl (C=O) groups excluding carboxylic acids is 4. The van der Waals surface area contributed by atoms with Gasteiger partial charge in [-0.2, -0.15) is 0 Å². The highest BCUT2D eigenvalue weighted by atomic mass is 16.2. The topological polar surface area (TPSA) is 86.8 Å². The van der Waals surface area contributed by atoms with E-state index >= 15 is 0 Å². The summed E-state index contributed by atoms with van der Waals surface area (Å²) in [6.07, 6.45) is 1.64. The van der Waals surface area contributed by atoms with E-state index in [0.717, 1.165) is 17.7 Å². The van der Waals surface area contributed by atoms with Crippen molar-refractivity contribution in [3.8, 4) is 0 Å². The average Bonchev–Trinajstić information content (AvgIpc) is 3.02. The number of para-hydroxylation sites is 1. The Balaban J connectivity index is 1.66. The van der Waals surface area contributed by atoms with Gasteiger partial charge >= 0.3 is 0 Å². The zero-order valence-corrected chi connectivity index (χ0v) is 17.9. The van der Waals surface area contributed by atoms with Crippen LogP contribution in [0.15, 0.2) is 48.5 Å². The third kappa shape index (κ3) is 4.82. The van der Waals surface area contributed by atoms with E-state index in [1.54, 1.807) is 53.4 Å². The van der Waals surface area contributed by atoms with Crippen LogP contribution in [0.1, 0.15) is 64.2 Å². The Hall–Kier alpha value is -3.48. The molecule has 3 rings (SSSR count). The van der Waals surface area contributed by atoms with E-state index in [0.29, 0.717) is 35.5 Å². The van der Waals surface area contributed by atoms with Crippen molar-refractivity contribution in [1.82, 2.24) is 9.80 Å². The minimum Gasteiger partial charge on any atom is -0.339 e. The molecule has 0 spiro atoms. The van der Waals surface area contributed by atoms with Crippen LogP contribution in [0.25, 0.3) is 0 Å². The maximum Gasteiger partial charge on any atom is 0.261 e. The SMILES string of the molecule is CCCN(CCC)C(=O)c1ccccc1NC(=O)CCN1C(=O)c2ccccc2C1=O. The van der Waals surface area contributed by atoms with Crippen molar-refractivity contribution in [1.29, 1.82) is 0 Å². The third-order valence-electron chi connectivity index (χ3n) is 5.15. The zero-order chi connectivity index (χ0) is 22.4. The van der Waals surface area contributed by atoms with Gasteiger partial charge in [-0.25, -0.2) is 0 Å². The first-order chi connectivity index (χ1) is 15.0. The molecule has 1 aliphatic heterocycles. The first kappa shape index (κ1) is 22.2. The van der Waals surface area contributed by atoms with Crippen molar-refractivity contribution in [2.45, 2.75) is 33.1 Å². The normalized spacial score (nSPS) is 12.6. The fraction of sp³-hybridized carbons (Fsp3) is 0.333. The Morgan fingerprint density at radius 1 is 0.871 bits per heavy atom. The molecule has 7 heteroatoms. The number of anilines is 1. The summed E-state index contributed by atoms with van der Waals surface area (Å²) in [6, 6.07) is 13.5. The summed E-state index contributed by atoms with van der Waals surface area (Å²) in [5.41, 5.74) is 1.57. The molecule has 4 amide bonds. The van der Waals surface area contributed by atoms with E-state index in [1.807, 2.05) is 13.8 Å². The summed E-state index contributed by atoms with van der Waals surface area (Å²) in [7, 11) is 0. The minimum absolute atomic E-state index is 0.0217. The first-order valence-corrected chi connectivity index (χ1v) is 10.6. The van der Waals surface area contributed by atoms with E-state index in [4.69, 9.17) is 0 Å². The smallest absolute Gasteiger partial charge is 0.261 e. The molecule has 0 fully saturated rings. The number of imide groups is 1. The van der Waals surface area contributed by atoms with E-state index in [-0.39, 0.29) is 24.8 Å². The lowest BCUT2D eigenvalue weighted by Gasteiger charge is -2.23. The van der Waals surface area contributed by atoms with Crippen LogP contribution in [0.3, 0.4) is 0 Å². The van der Waals surface area contributed by atoms with Gasteiger partial charge in [0.25, 0.3) is 17.7 Å². The maximum absolute atomic E-state index is 13.0. The molecule has 7 nitrogen and oxygen atoms in total. The molecular weight excluding hydrogens is 394 g/mol. The van der Waals surface area contributed by atoms with Gasteiger partial charge in [-0.15, -0.1) is 0 Å². The van der Waals surface area contributed by atoms with Gasteiger partial charge in [0.05, 0.1) is 22.4 Å². The molecule has 0 aromatic heterocycles. The van der Waals surface area contributed by atoms with Crippen LogP contribution >= 0.6 is 0 Å². The van der Waals surface area contributed by atoms with Crippen LogP contribution in [0.4, 0.5) is 5.69 Å². The van der Waals surface area contributed by atoms with Crippen LogP contribution < -0.4 is 5.32 Å². The van der Waals surface area contributed by atoms with Crippen LogP contribution in [0.5, 0.6) is 0 Å². The van der Waals surface area contributed by atoms with Gasteiger partial charge in [0.15, 0.2) is 0 Å². The predicted molar refractivity (Wildman–Crippen MR) is 118 cm³/mol. The quantitative estimate of drug-likeness (QED) is 0.627. The molecule has 2 aromatic rings. The second-order valence-electron chi connectivity index (χ2n) is 7.44. The van der Waals surface area contributed by atoms with Crippen molar-refractivity contribution in [3.05, 3.63) is 65.2 Å². The summed E-state index contributed by atoms with van der Waals surface area (Å²) >= 11 is 0. The van der Waals surface area contributed by atoms with Crippen molar-refractivity contribution < 1.29 is 19.2 Å². The number of hydrogen-bond acceptors (Lipinski definition) is 4. The Labute approximate surface area is 182 Å². The van der Waals surface area contributed by atoms with E-state index < -0.39 is 11.8 Å². The van der Waals surface area contributed by atoms with Gasteiger partial charge in [0.2, 0.25) is 5.91 Å². The number of nitrogens with zero attached hydrogens (tertiary/aromatic N) is 2. The molecule has 1 N–H and O–H groups in total. The number of amides is 4. The fourth-order valence-corrected chi connectivity index (χ4v) is 3.67. The van der Waals surface area contributed by atoms with Crippen molar-refractivity contribution in [2.24, 2.45) is 0 Å². The van der Waals surface area contributed by atoms with E-state index in [2.05, 4.69) is 5.32 Å². The van der Waals surface area contributed by atoms with Gasteiger partial charge in [0, 0.05) is 26.1 Å². The number of nitrogens with one attached hydrogen (secondary N) is 1.